The molecule has 2 rings (SSSR count). The van der Waals surface area contributed by atoms with Crippen LogP contribution in [-0.2, 0) is 9.53 Å². The van der Waals surface area contributed by atoms with Gasteiger partial charge in [-0.1, -0.05) is 6.92 Å². The van der Waals surface area contributed by atoms with E-state index in [9.17, 15) is 14.9 Å². The Balaban J connectivity index is 2.11. The number of nitrogens with zero attached hydrogens (tertiary/aromatic N) is 2. The molecular weight excluding hydrogens is 344 g/mol. The van der Waals surface area contributed by atoms with E-state index >= 15 is 0 Å². The quantitative estimate of drug-likeness (QED) is 0.466. The Kier molecular flexibility index (Phi) is 5.24. The summed E-state index contributed by atoms with van der Waals surface area (Å²) in [7, 11) is 0. The zero-order chi connectivity index (χ0) is 15.4. The Bertz CT molecular complexity index is 551. The average molecular weight is 359 g/mol. The maximum Gasteiger partial charge on any atom is 0.332 e. The fraction of sp³-hybridized carbons (Fsp3) is 0.538. The summed E-state index contributed by atoms with van der Waals surface area (Å²) in [5.41, 5.74) is -0.336. The molecule has 1 fully saturated rings. The number of halogens is 1. The highest BCUT2D eigenvalue weighted by atomic mass is 79.9. The number of carbonyl (C=O) groups excluding carboxylic acids is 1. The molecule has 0 bridgehead atoms. The second-order valence-electron chi connectivity index (χ2n) is 4.78. The molecule has 0 N–H and O–H groups in total. The van der Waals surface area contributed by atoms with E-state index < -0.39 is 10.9 Å². The lowest BCUT2D eigenvalue weighted by molar-refractivity contribution is -0.386. The van der Waals surface area contributed by atoms with E-state index in [-0.39, 0.29) is 23.6 Å². The maximum atomic E-state index is 12.1. The predicted octanol–water partition coefficient (Wildman–Crippen LogP) is 2.86. The lowest BCUT2D eigenvalue weighted by atomic mass is 9.94. The molecule has 0 aliphatic carbocycles. The van der Waals surface area contributed by atoms with Crippen molar-refractivity contribution >= 4 is 27.6 Å². The van der Waals surface area contributed by atoms with Crippen LogP contribution in [0.25, 0.3) is 0 Å². The van der Waals surface area contributed by atoms with Crippen molar-refractivity contribution in [2.45, 2.75) is 32.3 Å². The van der Waals surface area contributed by atoms with E-state index in [1.807, 2.05) is 6.92 Å². The zero-order valence-corrected chi connectivity index (χ0v) is 13.0. The normalized spacial score (nSPS) is 21.8. The van der Waals surface area contributed by atoms with Gasteiger partial charge in [-0.15, -0.1) is 0 Å². The van der Waals surface area contributed by atoms with Gasteiger partial charge in [-0.05, 0) is 35.2 Å². The summed E-state index contributed by atoms with van der Waals surface area (Å²) in [4.78, 5) is 26.3. The van der Waals surface area contributed by atoms with Crippen LogP contribution < -0.4 is 4.74 Å². The first-order valence-electron chi connectivity index (χ1n) is 6.64. The van der Waals surface area contributed by atoms with Gasteiger partial charge >= 0.3 is 17.5 Å². The monoisotopic (exact) mass is 358 g/mol. The molecule has 2 atom stereocenters. The fourth-order valence-corrected chi connectivity index (χ4v) is 2.50. The van der Waals surface area contributed by atoms with Gasteiger partial charge in [-0.25, -0.2) is 4.98 Å². The van der Waals surface area contributed by atoms with Crippen molar-refractivity contribution < 1.29 is 19.2 Å². The number of nitro groups is 1. The smallest absolute Gasteiger partial charge is 0.332 e. The minimum Gasteiger partial charge on any atom is -0.400 e. The summed E-state index contributed by atoms with van der Waals surface area (Å²) in [6.45, 7) is 2.48. The van der Waals surface area contributed by atoms with Crippen LogP contribution in [0, 0.1) is 16.0 Å². The van der Waals surface area contributed by atoms with E-state index in [1.165, 1.54) is 12.3 Å². The first kappa shape index (κ1) is 15.8. The van der Waals surface area contributed by atoms with Crippen molar-refractivity contribution in [2.24, 2.45) is 5.92 Å². The second kappa shape index (κ2) is 6.95. The standard InChI is InChI=1S/C13H15BrN2O5/c1-2-10-5-8(3-4-20-10)13(17)21-12-11(16(18)19)6-9(14)7-15-12/h6-8,10H,2-5H2,1H3. The topological polar surface area (TPSA) is 91.6 Å². The molecule has 2 unspecified atom stereocenters. The van der Waals surface area contributed by atoms with Gasteiger partial charge in [0.2, 0.25) is 0 Å². The Morgan fingerprint density at radius 1 is 1.67 bits per heavy atom. The molecule has 0 aromatic carbocycles. The van der Waals surface area contributed by atoms with Gasteiger partial charge < -0.3 is 9.47 Å². The second-order valence-corrected chi connectivity index (χ2v) is 5.69. The molecule has 1 saturated heterocycles. The van der Waals surface area contributed by atoms with Crippen LogP contribution in [0.15, 0.2) is 16.7 Å². The first-order valence-corrected chi connectivity index (χ1v) is 7.43. The molecular formula is C13H15BrN2O5. The third-order valence-corrected chi connectivity index (χ3v) is 3.78. The number of ether oxygens (including phenoxy) is 2. The van der Waals surface area contributed by atoms with Gasteiger partial charge in [0.1, 0.15) is 0 Å². The summed E-state index contributed by atoms with van der Waals surface area (Å²) in [6.07, 6.45) is 3.33. The first-order chi connectivity index (χ1) is 10.0. The van der Waals surface area contributed by atoms with Crippen LogP contribution in [0.1, 0.15) is 26.2 Å². The highest BCUT2D eigenvalue weighted by Crippen LogP contribution is 2.29. The van der Waals surface area contributed by atoms with Crippen LogP contribution in [0.3, 0.4) is 0 Å². The summed E-state index contributed by atoms with van der Waals surface area (Å²) in [5.74, 6) is -1.07. The van der Waals surface area contributed by atoms with Crippen LogP contribution in [0.5, 0.6) is 5.88 Å². The lowest BCUT2D eigenvalue weighted by Gasteiger charge is -2.27. The van der Waals surface area contributed by atoms with Crippen molar-refractivity contribution in [3.05, 3.63) is 26.9 Å². The molecule has 0 amide bonds. The van der Waals surface area contributed by atoms with Gasteiger partial charge in [0.15, 0.2) is 0 Å². The average Bonchev–Trinajstić information content (AvgIpc) is 2.48. The van der Waals surface area contributed by atoms with Crippen molar-refractivity contribution in [3.8, 4) is 5.88 Å². The third kappa shape index (κ3) is 3.98. The highest BCUT2D eigenvalue weighted by Gasteiger charge is 2.30. The molecule has 0 spiro atoms. The summed E-state index contributed by atoms with van der Waals surface area (Å²) in [5, 5.41) is 11.0. The van der Waals surface area contributed by atoms with Gasteiger partial charge in [0, 0.05) is 23.3 Å². The number of carbonyl (C=O) groups is 1. The molecule has 8 heteroatoms. The summed E-state index contributed by atoms with van der Waals surface area (Å²) >= 11 is 3.10. The molecule has 1 aromatic rings. The maximum absolute atomic E-state index is 12.1. The number of pyridine rings is 1. The van der Waals surface area contributed by atoms with Crippen LogP contribution >= 0.6 is 15.9 Å². The number of aromatic nitrogens is 1. The van der Waals surface area contributed by atoms with Crippen molar-refractivity contribution in [2.75, 3.05) is 6.61 Å². The van der Waals surface area contributed by atoms with E-state index in [4.69, 9.17) is 9.47 Å². The minimum atomic E-state index is -0.626. The van der Waals surface area contributed by atoms with E-state index in [0.29, 0.717) is 23.9 Å². The van der Waals surface area contributed by atoms with Gasteiger partial charge in [-0.3, -0.25) is 14.9 Å². The highest BCUT2D eigenvalue weighted by molar-refractivity contribution is 9.10. The molecule has 0 radical (unpaired) electrons. The lowest BCUT2D eigenvalue weighted by Crippen LogP contribution is -2.32. The molecule has 21 heavy (non-hydrogen) atoms. The Labute approximate surface area is 129 Å². The van der Waals surface area contributed by atoms with Crippen LogP contribution in [0.4, 0.5) is 5.69 Å². The van der Waals surface area contributed by atoms with E-state index in [1.54, 1.807) is 0 Å². The van der Waals surface area contributed by atoms with Crippen molar-refractivity contribution in [1.82, 2.24) is 4.98 Å². The Morgan fingerprint density at radius 2 is 2.43 bits per heavy atom. The minimum absolute atomic E-state index is 0.0316. The zero-order valence-electron chi connectivity index (χ0n) is 11.5. The SMILES string of the molecule is CCC1CC(C(=O)Oc2ncc(Br)cc2[N+](=O)[O-])CCO1. The molecule has 1 aromatic heterocycles. The third-order valence-electron chi connectivity index (χ3n) is 3.35. The van der Waals surface area contributed by atoms with Gasteiger partial charge in [0.05, 0.1) is 16.9 Å². The molecule has 1 aliphatic rings. The molecule has 7 nitrogen and oxygen atoms in total. The number of rotatable bonds is 4. The number of esters is 1. The van der Waals surface area contributed by atoms with Gasteiger partial charge in [0.25, 0.3) is 0 Å². The summed E-state index contributed by atoms with van der Waals surface area (Å²) in [6, 6.07) is 1.26. The molecule has 1 aliphatic heterocycles. The Hall–Kier alpha value is -1.54. The van der Waals surface area contributed by atoms with Crippen LogP contribution in [0.2, 0.25) is 0 Å². The molecule has 2 heterocycles. The largest absolute Gasteiger partial charge is 0.400 e. The van der Waals surface area contributed by atoms with Gasteiger partial charge in [-0.2, -0.15) is 0 Å². The van der Waals surface area contributed by atoms with E-state index in [0.717, 1.165) is 6.42 Å². The number of hydrogen-bond acceptors (Lipinski definition) is 6. The molecule has 0 saturated carbocycles. The molecule has 114 valence electrons. The number of hydrogen-bond donors (Lipinski definition) is 0. The van der Waals surface area contributed by atoms with Crippen molar-refractivity contribution in [3.63, 3.8) is 0 Å². The Morgan fingerprint density at radius 3 is 3.10 bits per heavy atom. The predicted molar refractivity (Wildman–Crippen MR) is 77.0 cm³/mol. The van der Waals surface area contributed by atoms with E-state index in [2.05, 4.69) is 20.9 Å². The fourth-order valence-electron chi connectivity index (χ4n) is 2.18. The van der Waals surface area contributed by atoms with Crippen molar-refractivity contribution in [1.29, 1.82) is 0 Å². The van der Waals surface area contributed by atoms with Crippen LogP contribution in [-0.4, -0.2) is 28.6 Å². The summed E-state index contributed by atoms with van der Waals surface area (Å²) < 4.78 is 11.1.